The Morgan fingerprint density at radius 2 is 2.26 bits per heavy atom. The zero-order valence-corrected chi connectivity index (χ0v) is 10.6. The number of hydrogen-bond donors (Lipinski definition) is 2. The van der Waals surface area contributed by atoms with Crippen molar-refractivity contribution in [3.8, 4) is 5.75 Å². The molecule has 0 saturated heterocycles. The van der Waals surface area contributed by atoms with Crippen LogP contribution in [0.25, 0.3) is 10.9 Å². The molecule has 0 atom stereocenters. The van der Waals surface area contributed by atoms with Gasteiger partial charge in [0.15, 0.2) is 11.4 Å². The van der Waals surface area contributed by atoms with E-state index in [-0.39, 0.29) is 34.9 Å². The molecule has 0 unspecified atom stereocenters. The van der Waals surface area contributed by atoms with Crippen LogP contribution < -0.4 is 5.56 Å². The van der Waals surface area contributed by atoms with Crippen LogP contribution in [0.3, 0.4) is 0 Å². The van der Waals surface area contributed by atoms with Gasteiger partial charge in [0.05, 0.1) is 12.0 Å². The van der Waals surface area contributed by atoms with Gasteiger partial charge in [-0.3, -0.25) is 9.78 Å². The zero-order valence-electron chi connectivity index (χ0n) is 10.6. The van der Waals surface area contributed by atoms with Crippen LogP contribution in [-0.4, -0.2) is 27.7 Å². The summed E-state index contributed by atoms with van der Waals surface area (Å²) >= 11 is 0. The van der Waals surface area contributed by atoms with Gasteiger partial charge in [-0.1, -0.05) is 13.8 Å². The van der Waals surface area contributed by atoms with Crippen molar-refractivity contribution in [3.63, 3.8) is 0 Å². The molecule has 0 radical (unpaired) electrons. The summed E-state index contributed by atoms with van der Waals surface area (Å²) in [6.07, 6.45) is 1.44. The predicted molar refractivity (Wildman–Crippen MR) is 69.1 cm³/mol. The van der Waals surface area contributed by atoms with Crippen LogP contribution in [-0.2, 0) is 4.74 Å². The highest BCUT2D eigenvalue weighted by atomic mass is 16.5. The summed E-state index contributed by atoms with van der Waals surface area (Å²) in [6, 6.07) is 3.09. The lowest BCUT2D eigenvalue weighted by Crippen LogP contribution is -2.18. The molecule has 0 saturated carbocycles. The SMILES string of the molecule is CC(C)COC(=O)c1[nH]c(=O)c2ncccc2c1O. The van der Waals surface area contributed by atoms with E-state index >= 15 is 0 Å². The van der Waals surface area contributed by atoms with Crippen molar-refractivity contribution in [1.82, 2.24) is 9.97 Å². The average Bonchev–Trinajstić information content (AvgIpc) is 2.40. The second kappa shape index (κ2) is 5.09. The van der Waals surface area contributed by atoms with Crippen molar-refractivity contribution in [2.24, 2.45) is 5.92 Å². The van der Waals surface area contributed by atoms with E-state index in [1.807, 2.05) is 13.8 Å². The van der Waals surface area contributed by atoms with Gasteiger partial charge >= 0.3 is 5.97 Å². The number of nitrogens with one attached hydrogen (secondary N) is 1. The van der Waals surface area contributed by atoms with E-state index < -0.39 is 11.5 Å². The molecule has 19 heavy (non-hydrogen) atoms. The van der Waals surface area contributed by atoms with Gasteiger partial charge in [0, 0.05) is 6.20 Å². The summed E-state index contributed by atoms with van der Waals surface area (Å²) in [5.74, 6) is -0.912. The van der Waals surface area contributed by atoms with Gasteiger partial charge in [-0.15, -0.1) is 0 Å². The normalized spacial score (nSPS) is 10.9. The fourth-order valence-corrected chi connectivity index (χ4v) is 1.61. The van der Waals surface area contributed by atoms with Crippen molar-refractivity contribution < 1.29 is 14.6 Å². The number of carbonyl (C=O) groups excluding carboxylic acids is 1. The molecule has 2 aromatic rings. The van der Waals surface area contributed by atoms with Crippen LogP contribution in [0.4, 0.5) is 0 Å². The van der Waals surface area contributed by atoms with Gasteiger partial charge in [-0.2, -0.15) is 0 Å². The fraction of sp³-hybridized carbons (Fsp3) is 0.308. The van der Waals surface area contributed by atoms with Gasteiger partial charge in [0.1, 0.15) is 5.52 Å². The van der Waals surface area contributed by atoms with Gasteiger partial charge < -0.3 is 14.8 Å². The lowest BCUT2D eigenvalue weighted by atomic mass is 10.2. The minimum Gasteiger partial charge on any atom is -0.505 e. The summed E-state index contributed by atoms with van der Waals surface area (Å²) in [5.41, 5.74) is -0.698. The molecule has 0 aromatic carbocycles. The first-order valence-electron chi connectivity index (χ1n) is 5.87. The molecule has 0 amide bonds. The molecule has 2 rings (SSSR count). The lowest BCUT2D eigenvalue weighted by Gasteiger charge is -2.09. The fourth-order valence-electron chi connectivity index (χ4n) is 1.61. The van der Waals surface area contributed by atoms with E-state index in [1.54, 1.807) is 6.07 Å². The number of aromatic amines is 1. The Morgan fingerprint density at radius 3 is 2.95 bits per heavy atom. The summed E-state index contributed by atoms with van der Waals surface area (Å²) in [4.78, 5) is 29.7. The van der Waals surface area contributed by atoms with Crippen molar-refractivity contribution in [2.75, 3.05) is 6.61 Å². The first-order chi connectivity index (χ1) is 9.00. The first kappa shape index (κ1) is 13.1. The number of carbonyl (C=O) groups is 1. The molecule has 2 N–H and O–H groups in total. The maximum absolute atomic E-state index is 11.8. The maximum atomic E-state index is 11.8. The standard InChI is InChI=1S/C13H14N2O4/c1-7(2)6-19-13(18)10-11(16)8-4-3-5-14-9(8)12(17)15-10/h3-5,7,16H,6H2,1-2H3,(H,15,17). The number of hydrogen-bond acceptors (Lipinski definition) is 5. The number of rotatable bonds is 3. The molecular weight excluding hydrogens is 248 g/mol. The summed E-state index contributed by atoms with van der Waals surface area (Å²) in [7, 11) is 0. The smallest absolute Gasteiger partial charge is 0.358 e. The Morgan fingerprint density at radius 1 is 1.53 bits per heavy atom. The zero-order chi connectivity index (χ0) is 14.0. The van der Waals surface area contributed by atoms with Crippen LogP contribution >= 0.6 is 0 Å². The molecule has 0 aliphatic carbocycles. The molecule has 0 bridgehead atoms. The molecular formula is C13H14N2O4. The molecule has 100 valence electrons. The van der Waals surface area contributed by atoms with E-state index in [0.29, 0.717) is 0 Å². The van der Waals surface area contributed by atoms with E-state index in [4.69, 9.17) is 4.74 Å². The third kappa shape index (κ3) is 2.57. The Hall–Kier alpha value is -2.37. The van der Waals surface area contributed by atoms with E-state index in [9.17, 15) is 14.7 Å². The van der Waals surface area contributed by atoms with Crippen molar-refractivity contribution in [3.05, 3.63) is 34.4 Å². The number of fused-ring (bicyclic) bond motifs is 1. The highest BCUT2D eigenvalue weighted by Gasteiger charge is 2.18. The maximum Gasteiger partial charge on any atom is 0.358 e. The largest absolute Gasteiger partial charge is 0.505 e. The van der Waals surface area contributed by atoms with Gasteiger partial charge in [-0.25, -0.2) is 4.79 Å². The lowest BCUT2D eigenvalue weighted by molar-refractivity contribution is 0.0448. The molecule has 0 fully saturated rings. The summed E-state index contributed by atoms with van der Waals surface area (Å²) < 4.78 is 4.98. The topological polar surface area (TPSA) is 92.3 Å². The number of ether oxygens (including phenoxy) is 1. The molecule has 0 aliphatic heterocycles. The molecule has 6 nitrogen and oxygen atoms in total. The predicted octanol–water partition coefficient (Wildman–Crippen LogP) is 1.44. The number of esters is 1. The highest BCUT2D eigenvalue weighted by Crippen LogP contribution is 2.23. The van der Waals surface area contributed by atoms with Gasteiger partial charge in [-0.05, 0) is 18.1 Å². The number of aromatic hydroxyl groups is 1. The van der Waals surface area contributed by atoms with E-state index in [2.05, 4.69) is 9.97 Å². The molecule has 0 spiro atoms. The van der Waals surface area contributed by atoms with Crippen molar-refractivity contribution in [1.29, 1.82) is 0 Å². The second-order valence-corrected chi connectivity index (χ2v) is 4.57. The molecule has 2 aromatic heterocycles. The number of pyridine rings is 2. The highest BCUT2D eigenvalue weighted by molar-refractivity contribution is 5.97. The first-order valence-corrected chi connectivity index (χ1v) is 5.87. The molecule has 0 aliphatic rings. The van der Waals surface area contributed by atoms with Crippen LogP contribution in [0.2, 0.25) is 0 Å². The van der Waals surface area contributed by atoms with Crippen LogP contribution in [0, 0.1) is 5.92 Å². The Bertz CT molecular complexity index is 676. The monoisotopic (exact) mass is 262 g/mol. The van der Waals surface area contributed by atoms with Gasteiger partial charge in [0.2, 0.25) is 0 Å². The Kier molecular flexibility index (Phi) is 3.50. The van der Waals surface area contributed by atoms with Crippen molar-refractivity contribution in [2.45, 2.75) is 13.8 Å². The van der Waals surface area contributed by atoms with E-state index in [0.717, 1.165) is 0 Å². The minimum absolute atomic E-state index is 0.0837. The third-order valence-corrected chi connectivity index (χ3v) is 2.51. The molecule has 6 heteroatoms. The van der Waals surface area contributed by atoms with E-state index in [1.165, 1.54) is 12.3 Å². The second-order valence-electron chi connectivity index (χ2n) is 4.57. The summed E-state index contributed by atoms with van der Waals surface area (Å²) in [6.45, 7) is 3.99. The number of aromatic nitrogens is 2. The number of H-pyrrole nitrogens is 1. The van der Waals surface area contributed by atoms with Gasteiger partial charge in [0.25, 0.3) is 5.56 Å². The quantitative estimate of drug-likeness (QED) is 0.816. The molecule has 2 heterocycles. The minimum atomic E-state index is -0.756. The average molecular weight is 262 g/mol. The third-order valence-electron chi connectivity index (χ3n) is 2.51. The van der Waals surface area contributed by atoms with Crippen LogP contribution in [0.15, 0.2) is 23.1 Å². The van der Waals surface area contributed by atoms with Crippen LogP contribution in [0.1, 0.15) is 24.3 Å². The Labute approximate surface area is 109 Å². The number of nitrogens with zero attached hydrogens (tertiary/aromatic N) is 1. The Balaban J connectivity index is 2.47. The summed E-state index contributed by atoms with van der Waals surface area (Å²) in [5, 5.41) is 10.2. The van der Waals surface area contributed by atoms with Crippen molar-refractivity contribution >= 4 is 16.9 Å². The van der Waals surface area contributed by atoms with Crippen LogP contribution in [0.5, 0.6) is 5.75 Å².